The molecule has 1 aliphatic carbocycles. The second-order valence-electron chi connectivity index (χ2n) is 5.64. The highest BCUT2D eigenvalue weighted by Crippen LogP contribution is 2.30. The Balaban J connectivity index is 2.20. The number of rotatable bonds is 9. The first kappa shape index (κ1) is 14.0. The van der Waals surface area contributed by atoms with E-state index in [1.807, 2.05) is 0 Å². The van der Waals surface area contributed by atoms with Crippen LogP contribution in [0.1, 0.15) is 53.4 Å². The summed E-state index contributed by atoms with van der Waals surface area (Å²) in [5.41, 5.74) is 0. The van der Waals surface area contributed by atoms with Crippen molar-refractivity contribution in [2.45, 2.75) is 65.5 Å². The minimum Gasteiger partial charge on any atom is -0.315 e. The molecule has 0 heterocycles. The van der Waals surface area contributed by atoms with Gasteiger partial charge in [0.1, 0.15) is 0 Å². The summed E-state index contributed by atoms with van der Waals surface area (Å²) in [7, 11) is 0. The van der Waals surface area contributed by atoms with E-state index in [1.165, 1.54) is 38.8 Å². The maximum absolute atomic E-state index is 3.57. The fourth-order valence-corrected chi connectivity index (χ4v) is 2.23. The van der Waals surface area contributed by atoms with Gasteiger partial charge in [-0.15, -0.1) is 0 Å². The zero-order valence-electron chi connectivity index (χ0n) is 11.6. The minimum absolute atomic E-state index is 0.678. The van der Waals surface area contributed by atoms with E-state index in [1.54, 1.807) is 0 Å². The monoisotopic (exact) mass is 226 g/mol. The van der Waals surface area contributed by atoms with Gasteiger partial charge >= 0.3 is 0 Å². The number of hydrogen-bond acceptors (Lipinski definition) is 2. The van der Waals surface area contributed by atoms with E-state index in [2.05, 4.69) is 37.9 Å². The van der Waals surface area contributed by atoms with Gasteiger partial charge in [0.05, 0.1) is 0 Å². The van der Waals surface area contributed by atoms with Gasteiger partial charge in [0.25, 0.3) is 0 Å². The molecule has 0 aromatic carbocycles. The van der Waals surface area contributed by atoms with Crippen LogP contribution in [0.5, 0.6) is 0 Å². The standard InChI is InChI=1S/C14H30N2/c1-5-6-9-15-10-13(4)16(12(2)3)11-14-7-8-14/h12-15H,5-11H2,1-4H3. The van der Waals surface area contributed by atoms with Crippen LogP contribution in [-0.2, 0) is 0 Å². The second-order valence-corrected chi connectivity index (χ2v) is 5.64. The van der Waals surface area contributed by atoms with Gasteiger partial charge in [0.15, 0.2) is 0 Å². The summed E-state index contributed by atoms with van der Waals surface area (Å²) >= 11 is 0. The van der Waals surface area contributed by atoms with Gasteiger partial charge in [-0.25, -0.2) is 0 Å². The van der Waals surface area contributed by atoms with Gasteiger partial charge in [-0.1, -0.05) is 13.3 Å². The molecule has 2 nitrogen and oxygen atoms in total. The molecule has 0 bridgehead atoms. The van der Waals surface area contributed by atoms with E-state index in [4.69, 9.17) is 0 Å². The third-order valence-electron chi connectivity index (χ3n) is 3.54. The largest absolute Gasteiger partial charge is 0.315 e. The fraction of sp³-hybridized carbons (Fsp3) is 1.00. The van der Waals surface area contributed by atoms with Gasteiger partial charge in [-0.05, 0) is 52.5 Å². The second kappa shape index (κ2) is 7.29. The molecule has 1 fully saturated rings. The lowest BCUT2D eigenvalue weighted by molar-refractivity contribution is 0.154. The summed E-state index contributed by atoms with van der Waals surface area (Å²) < 4.78 is 0. The van der Waals surface area contributed by atoms with Crippen molar-refractivity contribution in [1.29, 1.82) is 0 Å². The average molecular weight is 226 g/mol. The molecule has 1 N–H and O–H groups in total. The van der Waals surface area contributed by atoms with Crippen LogP contribution in [0, 0.1) is 5.92 Å². The molecule has 1 rings (SSSR count). The molecule has 16 heavy (non-hydrogen) atoms. The third kappa shape index (κ3) is 5.31. The summed E-state index contributed by atoms with van der Waals surface area (Å²) in [6, 6.07) is 1.36. The van der Waals surface area contributed by atoms with Gasteiger partial charge in [-0.2, -0.15) is 0 Å². The predicted molar refractivity (Wildman–Crippen MR) is 71.8 cm³/mol. The smallest absolute Gasteiger partial charge is 0.0195 e. The first-order valence-corrected chi connectivity index (χ1v) is 7.11. The summed E-state index contributed by atoms with van der Waals surface area (Å²) in [5.74, 6) is 1.00. The van der Waals surface area contributed by atoms with Crippen LogP contribution in [0.3, 0.4) is 0 Å². The van der Waals surface area contributed by atoms with E-state index in [9.17, 15) is 0 Å². The van der Waals surface area contributed by atoms with Gasteiger partial charge < -0.3 is 5.32 Å². The maximum Gasteiger partial charge on any atom is 0.0195 e. The molecule has 96 valence electrons. The summed E-state index contributed by atoms with van der Waals surface area (Å²) in [6.07, 6.45) is 5.51. The molecule has 0 aliphatic heterocycles. The summed E-state index contributed by atoms with van der Waals surface area (Å²) in [5, 5.41) is 3.57. The Bertz CT molecular complexity index is 176. The van der Waals surface area contributed by atoms with Crippen molar-refractivity contribution >= 4 is 0 Å². The molecular weight excluding hydrogens is 196 g/mol. The lowest BCUT2D eigenvalue weighted by Crippen LogP contribution is -2.45. The van der Waals surface area contributed by atoms with Crippen LogP contribution in [0.15, 0.2) is 0 Å². The molecular formula is C14H30N2. The van der Waals surface area contributed by atoms with Crippen LogP contribution in [-0.4, -0.2) is 36.6 Å². The average Bonchev–Trinajstić information content (AvgIpc) is 3.04. The minimum atomic E-state index is 0.678. The van der Waals surface area contributed by atoms with Crippen molar-refractivity contribution < 1.29 is 0 Å². The first-order valence-electron chi connectivity index (χ1n) is 7.11. The lowest BCUT2D eigenvalue weighted by atomic mass is 10.2. The number of nitrogens with zero attached hydrogens (tertiary/aromatic N) is 1. The zero-order chi connectivity index (χ0) is 12.0. The number of hydrogen-bond donors (Lipinski definition) is 1. The topological polar surface area (TPSA) is 15.3 Å². The number of nitrogens with one attached hydrogen (secondary N) is 1. The van der Waals surface area contributed by atoms with Gasteiger partial charge in [0, 0.05) is 25.2 Å². The molecule has 1 aliphatic rings. The van der Waals surface area contributed by atoms with Crippen molar-refractivity contribution in [3.63, 3.8) is 0 Å². The van der Waals surface area contributed by atoms with E-state index in [-0.39, 0.29) is 0 Å². The van der Waals surface area contributed by atoms with Gasteiger partial charge in [-0.3, -0.25) is 4.90 Å². The molecule has 0 saturated heterocycles. The van der Waals surface area contributed by atoms with Crippen molar-refractivity contribution in [2.24, 2.45) is 5.92 Å². The highest BCUT2D eigenvalue weighted by atomic mass is 15.2. The molecule has 2 heteroatoms. The SMILES string of the molecule is CCCCNCC(C)N(CC1CC1)C(C)C. The van der Waals surface area contributed by atoms with Crippen LogP contribution >= 0.6 is 0 Å². The van der Waals surface area contributed by atoms with Crippen molar-refractivity contribution in [3.05, 3.63) is 0 Å². The lowest BCUT2D eigenvalue weighted by Gasteiger charge is -2.33. The Morgan fingerprint density at radius 3 is 2.44 bits per heavy atom. The normalized spacial score (nSPS) is 18.4. The Morgan fingerprint density at radius 2 is 1.94 bits per heavy atom. The molecule has 0 spiro atoms. The molecule has 1 saturated carbocycles. The first-order chi connectivity index (χ1) is 7.65. The van der Waals surface area contributed by atoms with Crippen LogP contribution in [0.2, 0.25) is 0 Å². The van der Waals surface area contributed by atoms with E-state index in [0.29, 0.717) is 12.1 Å². The quantitative estimate of drug-likeness (QED) is 0.608. The summed E-state index contributed by atoms with van der Waals surface area (Å²) in [4.78, 5) is 2.66. The molecule has 0 amide bonds. The molecule has 1 unspecified atom stereocenters. The van der Waals surface area contributed by atoms with Crippen LogP contribution in [0.4, 0.5) is 0 Å². The Labute approximate surface area is 102 Å². The fourth-order valence-electron chi connectivity index (χ4n) is 2.23. The molecule has 0 aromatic heterocycles. The highest BCUT2D eigenvalue weighted by Gasteiger charge is 2.27. The Kier molecular flexibility index (Phi) is 6.37. The summed E-state index contributed by atoms with van der Waals surface area (Å²) in [6.45, 7) is 12.9. The van der Waals surface area contributed by atoms with Crippen LogP contribution in [0.25, 0.3) is 0 Å². The highest BCUT2D eigenvalue weighted by molar-refractivity contribution is 4.82. The maximum atomic E-state index is 3.57. The third-order valence-corrected chi connectivity index (χ3v) is 3.54. The Hall–Kier alpha value is -0.0800. The van der Waals surface area contributed by atoms with Gasteiger partial charge in [0.2, 0.25) is 0 Å². The molecule has 0 radical (unpaired) electrons. The van der Waals surface area contributed by atoms with Crippen molar-refractivity contribution in [3.8, 4) is 0 Å². The molecule has 1 atom stereocenters. The van der Waals surface area contributed by atoms with Crippen LogP contribution < -0.4 is 5.32 Å². The Morgan fingerprint density at radius 1 is 1.25 bits per heavy atom. The predicted octanol–water partition coefficient (Wildman–Crippen LogP) is 2.89. The van der Waals surface area contributed by atoms with E-state index < -0.39 is 0 Å². The van der Waals surface area contributed by atoms with Crippen molar-refractivity contribution in [2.75, 3.05) is 19.6 Å². The number of unbranched alkanes of at least 4 members (excludes halogenated alkanes) is 1. The zero-order valence-corrected chi connectivity index (χ0v) is 11.6. The van der Waals surface area contributed by atoms with E-state index in [0.717, 1.165) is 12.5 Å². The van der Waals surface area contributed by atoms with Crippen molar-refractivity contribution in [1.82, 2.24) is 10.2 Å². The van der Waals surface area contributed by atoms with E-state index >= 15 is 0 Å². The molecule has 0 aromatic rings.